The van der Waals surface area contributed by atoms with Gasteiger partial charge in [-0.1, -0.05) is 20.8 Å². The van der Waals surface area contributed by atoms with Gasteiger partial charge in [0.05, 0.1) is 58.9 Å². The molecule has 3 fully saturated rings. The molecule has 412 valence electrons. The Bertz CT molecular complexity index is 2070. The van der Waals surface area contributed by atoms with Crippen molar-refractivity contribution in [2.45, 2.75) is 203 Å². The van der Waals surface area contributed by atoms with E-state index in [4.69, 9.17) is 28.4 Å². The lowest BCUT2D eigenvalue weighted by atomic mass is 9.77. The molecule has 18 atom stereocenters. The summed E-state index contributed by atoms with van der Waals surface area (Å²) in [5.41, 5.74) is -4.93. The molecule has 0 aromatic heterocycles. The first kappa shape index (κ1) is 61.4. The maximum Gasteiger partial charge on any atom is 0.331 e. The van der Waals surface area contributed by atoms with Crippen molar-refractivity contribution in [3.63, 3.8) is 0 Å². The smallest absolute Gasteiger partial charge is 0.331 e. The minimum atomic E-state index is -4.42. The lowest BCUT2D eigenvalue weighted by Crippen LogP contribution is -2.60. The number of hydrogen-bond acceptors (Lipinski definition) is 18. The Kier molecular flexibility index (Phi) is 21.8. The first-order valence-corrected chi connectivity index (χ1v) is 26.6. The Morgan fingerprint density at radius 1 is 0.986 bits per heavy atom. The molecule has 22 heteroatoms. The van der Waals surface area contributed by atoms with Gasteiger partial charge in [-0.2, -0.15) is 5.26 Å². The first-order valence-electron chi connectivity index (χ1n) is 25.2. The standard InChI is InChI=1S/C50H84FN5O15S/c1-14-38-50(10,63)42(58)33(6)56(24-16-23-55(22-15-21-52)47(61)53-72(64,65)36-19-17-35(51)18-20-36)28-29(2)26-48(8,62)44(71-46-40(57)37(54(11)12)25-30(3)67-46)31(4)41(32(5)45(60)69-38)70-39-27-49(9,66-13)43(59)34(7)68-39/h17-20,29-34,37-44,46,57-59,62-63H,14-16,22-28H2,1-13H3,(H,53,61)/t29-,30+,31-,32-,33-,34-,37+,38-,39?,40+,41+,42-,43-,44-,46-,48-,49+,50-/m1/s1. The SMILES string of the molecule is CC[C@H]1OC(=O)[C@H](C)[C@@H](OC2C[C@](C)(OC)[C@H](O)[C@@H](C)O2)[C@@H](C)[C@@H](O[C@H]2O[C@@H](C)C[C@H](N(C)C)[C@@H]2O)[C@](C)(O)C[C@@H](C)CN(CCCN(CCC#N)C(=O)NS(=O)(=O)c2ccc(F)cc2)[C@H](C)[C@@H](O)[C@]1(C)O. The molecule has 20 nitrogen and oxygen atoms in total. The van der Waals surface area contributed by atoms with Gasteiger partial charge in [0, 0.05) is 57.7 Å². The second kappa shape index (κ2) is 25.6. The number of likely N-dealkylation sites (N-methyl/N-ethyl adjacent to an activating group) is 1. The Morgan fingerprint density at radius 3 is 2.21 bits per heavy atom. The van der Waals surface area contributed by atoms with Gasteiger partial charge in [-0.25, -0.2) is 22.3 Å². The van der Waals surface area contributed by atoms with Crippen molar-refractivity contribution in [2.24, 2.45) is 17.8 Å². The third-order valence-corrected chi connectivity index (χ3v) is 16.4. The molecule has 72 heavy (non-hydrogen) atoms. The number of esters is 1. The quantitative estimate of drug-likeness (QED) is 0.138. The number of urea groups is 1. The monoisotopic (exact) mass is 1050 g/mol. The number of nitrogens with zero attached hydrogens (tertiary/aromatic N) is 4. The second-order valence-electron chi connectivity index (χ2n) is 21.3. The number of sulfonamides is 1. The molecule has 0 bridgehead atoms. The molecular formula is C50H84FN5O15S. The maximum absolute atomic E-state index is 14.6. The number of aliphatic hydroxyl groups is 5. The molecule has 1 unspecified atom stereocenters. The number of hydrogen-bond donors (Lipinski definition) is 6. The fraction of sp³-hybridized carbons (Fsp3) is 0.820. The zero-order valence-electron chi connectivity index (χ0n) is 44.4. The summed E-state index contributed by atoms with van der Waals surface area (Å²) < 4.78 is 79.7. The van der Waals surface area contributed by atoms with Crippen molar-refractivity contribution in [1.29, 1.82) is 5.26 Å². The van der Waals surface area contributed by atoms with Crippen molar-refractivity contribution in [3.8, 4) is 6.07 Å². The molecule has 0 spiro atoms. The average Bonchev–Trinajstić information content (AvgIpc) is 3.30. The maximum atomic E-state index is 14.6. The Morgan fingerprint density at radius 2 is 1.62 bits per heavy atom. The number of cyclic esters (lactones) is 1. The van der Waals surface area contributed by atoms with Crippen LogP contribution in [-0.2, 0) is 43.2 Å². The number of carbonyl (C=O) groups excluding carboxylic acids is 2. The zero-order valence-corrected chi connectivity index (χ0v) is 45.3. The van der Waals surface area contributed by atoms with E-state index in [1.54, 1.807) is 48.5 Å². The summed E-state index contributed by atoms with van der Waals surface area (Å²) in [5, 5.41) is 69.6. The van der Waals surface area contributed by atoms with Crippen LogP contribution in [0.3, 0.4) is 0 Å². The predicted octanol–water partition coefficient (Wildman–Crippen LogP) is 3.11. The number of rotatable bonds is 15. The van der Waals surface area contributed by atoms with E-state index < -0.39 is 124 Å². The number of halogens is 1. The molecule has 4 rings (SSSR count). The van der Waals surface area contributed by atoms with E-state index >= 15 is 0 Å². The van der Waals surface area contributed by atoms with Crippen molar-refractivity contribution in [1.82, 2.24) is 19.4 Å². The van der Waals surface area contributed by atoms with E-state index in [0.29, 0.717) is 6.42 Å². The highest BCUT2D eigenvalue weighted by atomic mass is 32.2. The van der Waals surface area contributed by atoms with Crippen LogP contribution >= 0.6 is 0 Å². The number of ether oxygens (including phenoxy) is 6. The molecule has 3 saturated heterocycles. The second-order valence-corrected chi connectivity index (χ2v) is 23.0. The molecule has 1 aromatic rings. The van der Waals surface area contributed by atoms with Crippen LogP contribution in [-0.4, -0.2) is 198 Å². The van der Waals surface area contributed by atoms with Gasteiger partial charge in [-0.3, -0.25) is 9.69 Å². The number of nitrogens with one attached hydrogen (secondary N) is 1. The van der Waals surface area contributed by atoms with E-state index in [0.717, 1.165) is 24.3 Å². The summed E-state index contributed by atoms with van der Waals surface area (Å²) in [6.45, 7) is 17.0. The van der Waals surface area contributed by atoms with Crippen LogP contribution in [0, 0.1) is 34.9 Å². The summed E-state index contributed by atoms with van der Waals surface area (Å²) in [6.07, 6.45) is -10.1. The van der Waals surface area contributed by atoms with Crippen molar-refractivity contribution >= 4 is 22.0 Å². The lowest BCUT2D eigenvalue weighted by Gasteiger charge is -2.48. The topological polar surface area (TPSA) is 270 Å². The highest BCUT2D eigenvalue weighted by molar-refractivity contribution is 7.90. The minimum Gasteiger partial charge on any atom is -0.459 e. The van der Waals surface area contributed by atoms with Gasteiger partial charge in [-0.15, -0.1) is 0 Å². The van der Waals surface area contributed by atoms with Gasteiger partial charge < -0.3 is 63.8 Å². The van der Waals surface area contributed by atoms with E-state index in [1.807, 2.05) is 48.5 Å². The van der Waals surface area contributed by atoms with E-state index in [2.05, 4.69) is 0 Å². The summed E-state index contributed by atoms with van der Waals surface area (Å²) in [7, 11) is 0.723. The van der Waals surface area contributed by atoms with Crippen molar-refractivity contribution < 1.29 is 76.4 Å². The number of benzene rings is 1. The van der Waals surface area contributed by atoms with Crippen molar-refractivity contribution in [2.75, 3.05) is 47.4 Å². The number of aliphatic hydroxyl groups excluding tert-OH is 3. The van der Waals surface area contributed by atoms with E-state index in [1.165, 1.54) is 18.9 Å². The third-order valence-electron chi connectivity index (χ3n) is 15.0. The average molecular weight is 1050 g/mol. The van der Waals surface area contributed by atoms with Crippen LogP contribution in [0.25, 0.3) is 0 Å². The highest BCUT2D eigenvalue weighted by Crippen LogP contribution is 2.40. The summed E-state index contributed by atoms with van der Waals surface area (Å²) >= 11 is 0. The zero-order chi connectivity index (χ0) is 54.3. The summed E-state index contributed by atoms with van der Waals surface area (Å²) in [4.78, 5) is 32.7. The first-order chi connectivity index (χ1) is 33.4. The van der Waals surface area contributed by atoms with Crippen LogP contribution in [0.5, 0.6) is 0 Å². The molecular weight excluding hydrogens is 962 g/mol. The normalized spacial score (nSPS) is 39.0. The molecule has 6 N–H and O–H groups in total. The van der Waals surface area contributed by atoms with Crippen LogP contribution in [0.4, 0.5) is 9.18 Å². The van der Waals surface area contributed by atoms with Gasteiger partial charge in [0.1, 0.15) is 35.8 Å². The molecule has 3 aliphatic heterocycles. The summed E-state index contributed by atoms with van der Waals surface area (Å²) in [6, 6.07) is 3.65. The van der Waals surface area contributed by atoms with E-state index in [-0.39, 0.29) is 75.3 Å². The van der Waals surface area contributed by atoms with Crippen LogP contribution in [0.15, 0.2) is 29.2 Å². The number of nitriles is 1. The summed E-state index contributed by atoms with van der Waals surface area (Å²) in [5.74, 6) is -3.93. The molecule has 3 heterocycles. The van der Waals surface area contributed by atoms with Gasteiger partial charge in [-0.05, 0) is 118 Å². The highest BCUT2D eigenvalue weighted by Gasteiger charge is 2.53. The number of carbonyl (C=O) groups is 2. The van der Waals surface area contributed by atoms with Gasteiger partial charge in [0.2, 0.25) is 0 Å². The Labute approximate surface area is 426 Å². The molecule has 2 amide bonds. The lowest BCUT2D eigenvalue weighted by molar-refractivity contribution is -0.318. The molecule has 0 aliphatic carbocycles. The van der Waals surface area contributed by atoms with Crippen molar-refractivity contribution in [3.05, 3.63) is 30.1 Å². The predicted molar refractivity (Wildman–Crippen MR) is 262 cm³/mol. The fourth-order valence-corrected chi connectivity index (χ4v) is 11.7. The molecule has 0 radical (unpaired) electrons. The Hall–Kier alpha value is -3.15. The van der Waals surface area contributed by atoms with Gasteiger partial charge >= 0.3 is 12.0 Å². The van der Waals surface area contributed by atoms with E-state index in [9.17, 15) is 53.2 Å². The van der Waals surface area contributed by atoms with Crippen LogP contribution in [0.1, 0.15) is 108 Å². The van der Waals surface area contributed by atoms with Crippen LogP contribution < -0.4 is 4.72 Å². The fourth-order valence-electron chi connectivity index (χ4n) is 10.7. The third kappa shape index (κ3) is 15.0. The number of amides is 2. The van der Waals surface area contributed by atoms with Gasteiger partial charge in [0.15, 0.2) is 12.6 Å². The number of methoxy groups -OCH3 is 1. The largest absolute Gasteiger partial charge is 0.459 e. The van der Waals surface area contributed by atoms with Gasteiger partial charge in [0.25, 0.3) is 10.0 Å². The Balaban J connectivity index is 1.77. The molecule has 0 saturated carbocycles. The molecule has 1 aromatic carbocycles. The minimum absolute atomic E-state index is 0.0270. The molecule has 3 aliphatic rings. The van der Waals surface area contributed by atoms with Crippen LogP contribution in [0.2, 0.25) is 0 Å².